The van der Waals surface area contributed by atoms with Gasteiger partial charge in [-0.25, -0.2) is 4.98 Å². The van der Waals surface area contributed by atoms with Crippen molar-refractivity contribution in [2.45, 2.75) is 26.2 Å². The lowest BCUT2D eigenvalue weighted by Gasteiger charge is -2.18. The molecule has 0 radical (unpaired) electrons. The minimum Gasteiger partial charge on any atom is -0.298 e. The first-order chi connectivity index (χ1) is 11.4. The summed E-state index contributed by atoms with van der Waals surface area (Å²) in [6.07, 6.45) is 0. The topological polar surface area (TPSA) is 42.0 Å². The summed E-state index contributed by atoms with van der Waals surface area (Å²) < 4.78 is 0. The molecule has 0 saturated carbocycles. The van der Waals surface area contributed by atoms with Crippen molar-refractivity contribution in [2.24, 2.45) is 0 Å². The molecule has 0 aliphatic rings. The first-order valence-electron chi connectivity index (χ1n) is 7.86. The van der Waals surface area contributed by atoms with Crippen molar-refractivity contribution in [3.05, 3.63) is 71.1 Å². The van der Waals surface area contributed by atoms with Crippen LogP contribution >= 0.6 is 11.3 Å². The van der Waals surface area contributed by atoms with E-state index in [1.54, 1.807) is 12.1 Å². The average Bonchev–Trinajstić information content (AvgIpc) is 3.03. The quantitative estimate of drug-likeness (QED) is 0.699. The normalized spacial score (nSPS) is 11.3. The number of nitrogens with one attached hydrogen (secondary N) is 1. The molecule has 0 aliphatic carbocycles. The molecule has 3 nitrogen and oxygen atoms in total. The fourth-order valence-corrected chi connectivity index (χ4v) is 3.08. The maximum atomic E-state index is 12.2. The van der Waals surface area contributed by atoms with E-state index >= 15 is 0 Å². The summed E-state index contributed by atoms with van der Waals surface area (Å²) in [5.74, 6) is -0.139. The van der Waals surface area contributed by atoms with Crippen LogP contribution < -0.4 is 5.32 Å². The van der Waals surface area contributed by atoms with E-state index in [4.69, 9.17) is 0 Å². The molecule has 0 saturated heterocycles. The minimum atomic E-state index is -0.139. The van der Waals surface area contributed by atoms with Crippen LogP contribution in [0.2, 0.25) is 0 Å². The second-order valence-electron chi connectivity index (χ2n) is 6.69. The van der Waals surface area contributed by atoms with E-state index in [0.717, 1.165) is 11.3 Å². The van der Waals surface area contributed by atoms with Gasteiger partial charge in [-0.15, -0.1) is 11.3 Å². The van der Waals surface area contributed by atoms with Crippen LogP contribution in [-0.4, -0.2) is 10.9 Å². The second kappa shape index (κ2) is 6.57. The van der Waals surface area contributed by atoms with Gasteiger partial charge < -0.3 is 0 Å². The van der Waals surface area contributed by atoms with E-state index < -0.39 is 0 Å². The number of hydrogen-bond donors (Lipinski definition) is 1. The van der Waals surface area contributed by atoms with Crippen LogP contribution in [0.4, 0.5) is 5.13 Å². The van der Waals surface area contributed by atoms with Gasteiger partial charge in [0.25, 0.3) is 5.91 Å². The summed E-state index contributed by atoms with van der Waals surface area (Å²) in [6.45, 7) is 6.59. The monoisotopic (exact) mass is 336 g/mol. The predicted molar refractivity (Wildman–Crippen MR) is 101 cm³/mol. The van der Waals surface area contributed by atoms with E-state index in [2.05, 4.69) is 55.3 Å². The van der Waals surface area contributed by atoms with Crippen LogP contribution in [0.1, 0.15) is 36.7 Å². The molecule has 4 heteroatoms. The molecular weight excluding hydrogens is 316 g/mol. The number of rotatable bonds is 3. The molecule has 1 heterocycles. The number of amides is 1. The van der Waals surface area contributed by atoms with Crippen molar-refractivity contribution in [1.82, 2.24) is 4.98 Å². The summed E-state index contributed by atoms with van der Waals surface area (Å²) in [6, 6.07) is 17.6. The Morgan fingerprint density at radius 1 is 1.00 bits per heavy atom. The molecule has 3 aromatic rings. The molecule has 0 aliphatic heterocycles. The number of thiazole rings is 1. The van der Waals surface area contributed by atoms with Gasteiger partial charge in [0.1, 0.15) is 0 Å². The van der Waals surface area contributed by atoms with Gasteiger partial charge in [-0.3, -0.25) is 10.1 Å². The Bertz CT molecular complexity index is 830. The van der Waals surface area contributed by atoms with Crippen LogP contribution in [0.15, 0.2) is 60.0 Å². The Morgan fingerprint density at radius 2 is 1.67 bits per heavy atom. The molecule has 2 aromatic carbocycles. The van der Waals surface area contributed by atoms with Crippen molar-refractivity contribution < 1.29 is 4.79 Å². The van der Waals surface area contributed by atoms with Gasteiger partial charge in [0.15, 0.2) is 5.13 Å². The predicted octanol–water partition coefficient (Wildman–Crippen LogP) is 5.36. The SMILES string of the molecule is CC(C)(C)c1ccc(-c2csc(NC(=O)c3ccccc3)n2)cc1. The molecule has 1 N–H and O–H groups in total. The Morgan fingerprint density at radius 3 is 2.29 bits per heavy atom. The maximum absolute atomic E-state index is 12.2. The van der Waals surface area contributed by atoms with Crippen LogP contribution in [0.25, 0.3) is 11.3 Å². The van der Waals surface area contributed by atoms with Gasteiger partial charge in [0.2, 0.25) is 0 Å². The van der Waals surface area contributed by atoms with Gasteiger partial charge in [-0.05, 0) is 23.1 Å². The first kappa shape index (κ1) is 16.4. The second-order valence-corrected chi connectivity index (χ2v) is 7.54. The zero-order chi connectivity index (χ0) is 17.2. The lowest BCUT2D eigenvalue weighted by molar-refractivity contribution is 0.102. The highest BCUT2D eigenvalue weighted by Crippen LogP contribution is 2.28. The smallest absolute Gasteiger partial charge is 0.257 e. The van der Waals surface area contributed by atoms with Crippen molar-refractivity contribution in [2.75, 3.05) is 5.32 Å². The van der Waals surface area contributed by atoms with E-state index in [0.29, 0.717) is 10.7 Å². The number of carbonyl (C=O) groups is 1. The first-order valence-corrected chi connectivity index (χ1v) is 8.74. The number of hydrogen-bond acceptors (Lipinski definition) is 3. The molecule has 0 spiro atoms. The zero-order valence-electron chi connectivity index (χ0n) is 14.0. The van der Waals surface area contributed by atoms with Gasteiger partial charge in [-0.2, -0.15) is 0 Å². The van der Waals surface area contributed by atoms with Gasteiger partial charge in [-0.1, -0.05) is 63.2 Å². The fourth-order valence-electron chi connectivity index (χ4n) is 2.36. The van der Waals surface area contributed by atoms with Crippen molar-refractivity contribution in [3.63, 3.8) is 0 Å². The molecule has 0 fully saturated rings. The van der Waals surface area contributed by atoms with E-state index in [1.165, 1.54) is 16.9 Å². The molecular formula is C20H20N2OS. The fraction of sp³-hybridized carbons (Fsp3) is 0.200. The Kier molecular flexibility index (Phi) is 4.49. The highest BCUT2D eigenvalue weighted by Gasteiger charge is 2.14. The standard InChI is InChI=1S/C20H20N2OS/c1-20(2,3)16-11-9-14(10-12-16)17-13-24-19(21-17)22-18(23)15-7-5-4-6-8-15/h4-13H,1-3H3,(H,21,22,23). The van der Waals surface area contributed by atoms with Crippen LogP contribution in [0.3, 0.4) is 0 Å². The van der Waals surface area contributed by atoms with Crippen molar-refractivity contribution >= 4 is 22.4 Å². The highest BCUT2D eigenvalue weighted by molar-refractivity contribution is 7.14. The molecule has 0 bridgehead atoms. The summed E-state index contributed by atoms with van der Waals surface area (Å²) in [5, 5.41) is 5.43. The molecule has 122 valence electrons. The third kappa shape index (κ3) is 3.71. The van der Waals surface area contributed by atoms with Gasteiger partial charge in [0.05, 0.1) is 5.69 Å². The minimum absolute atomic E-state index is 0.134. The molecule has 0 unspecified atom stereocenters. The summed E-state index contributed by atoms with van der Waals surface area (Å²) in [4.78, 5) is 16.7. The molecule has 24 heavy (non-hydrogen) atoms. The number of nitrogens with zero attached hydrogens (tertiary/aromatic N) is 1. The zero-order valence-corrected chi connectivity index (χ0v) is 14.9. The highest BCUT2D eigenvalue weighted by atomic mass is 32.1. The molecule has 3 rings (SSSR count). The largest absolute Gasteiger partial charge is 0.298 e. The number of carbonyl (C=O) groups excluding carboxylic acids is 1. The third-order valence-corrected chi connectivity index (χ3v) is 4.57. The van der Waals surface area contributed by atoms with Gasteiger partial charge in [0, 0.05) is 16.5 Å². The number of benzene rings is 2. The molecule has 1 aromatic heterocycles. The van der Waals surface area contributed by atoms with E-state index in [-0.39, 0.29) is 11.3 Å². The van der Waals surface area contributed by atoms with E-state index in [1.807, 2.05) is 23.6 Å². The Labute approximate surface area is 146 Å². The maximum Gasteiger partial charge on any atom is 0.257 e. The lowest BCUT2D eigenvalue weighted by atomic mass is 9.86. The summed E-state index contributed by atoms with van der Waals surface area (Å²) >= 11 is 1.43. The van der Waals surface area contributed by atoms with Crippen LogP contribution in [0.5, 0.6) is 0 Å². The number of anilines is 1. The average molecular weight is 336 g/mol. The van der Waals surface area contributed by atoms with E-state index in [9.17, 15) is 4.79 Å². The Balaban J connectivity index is 1.75. The molecule has 1 amide bonds. The van der Waals surface area contributed by atoms with Crippen LogP contribution in [-0.2, 0) is 5.41 Å². The lowest BCUT2D eigenvalue weighted by Crippen LogP contribution is -2.11. The summed E-state index contributed by atoms with van der Waals surface area (Å²) in [5.41, 5.74) is 3.99. The van der Waals surface area contributed by atoms with Gasteiger partial charge >= 0.3 is 0 Å². The van der Waals surface area contributed by atoms with Crippen molar-refractivity contribution in [1.29, 1.82) is 0 Å². The summed E-state index contributed by atoms with van der Waals surface area (Å²) in [7, 11) is 0. The van der Waals surface area contributed by atoms with Crippen LogP contribution in [0, 0.1) is 0 Å². The van der Waals surface area contributed by atoms with Crippen molar-refractivity contribution in [3.8, 4) is 11.3 Å². The Hall–Kier alpha value is -2.46. The number of aromatic nitrogens is 1. The third-order valence-electron chi connectivity index (χ3n) is 3.81. The molecule has 0 atom stereocenters.